The van der Waals surface area contributed by atoms with E-state index in [4.69, 9.17) is 5.11 Å². The van der Waals surface area contributed by atoms with Crippen LogP contribution in [0.5, 0.6) is 0 Å². The highest BCUT2D eigenvalue weighted by Crippen LogP contribution is 2.68. The van der Waals surface area contributed by atoms with E-state index in [0.717, 1.165) is 17.9 Å². The lowest BCUT2D eigenvalue weighted by Gasteiger charge is -2.42. The van der Waals surface area contributed by atoms with Crippen molar-refractivity contribution in [3.8, 4) is 0 Å². The molecule has 2 atom stereocenters. The molecule has 0 heterocycles. The van der Waals surface area contributed by atoms with Crippen LogP contribution in [0.15, 0.2) is 48.0 Å². The summed E-state index contributed by atoms with van der Waals surface area (Å²) in [6.45, 7) is 9.59. The van der Waals surface area contributed by atoms with Gasteiger partial charge in [-0.15, -0.1) is 0 Å². The minimum absolute atomic E-state index is 0.207. The number of hydrogen-bond acceptors (Lipinski definition) is 1. The lowest BCUT2D eigenvalue weighted by atomic mass is 9.62. The van der Waals surface area contributed by atoms with Crippen LogP contribution in [0.3, 0.4) is 0 Å². The third-order valence-corrected chi connectivity index (χ3v) is 8.31. The van der Waals surface area contributed by atoms with Crippen molar-refractivity contribution in [1.29, 1.82) is 0 Å². The molecule has 2 aromatic carbocycles. The van der Waals surface area contributed by atoms with E-state index < -0.39 is 5.97 Å². The van der Waals surface area contributed by atoms with Gasteiger partial charge >= 0.3 is 5.97 Å². The number of hydrogen-bond donors (Lipinski definition) is 1. The molecule has 0 saturated heterocycles. The molecule has 2 heteroatoms. The Morgan fingerprint density at radius 2 is 1.63 bits per heavy atom. The van der Waals surface area contributed by atoms with E-state index in [9.17, 15) is 4.79 Å². The number of aromatic carboxylic acids is 1. The molecule has 2 fully saturated rings. The number of carbonyl (C=O) groups is 1. The monoisotopic (exact) mass is 400 g/mol. The highest BCUT2D eigenvalue weighted by molar-refractivity contribution is 5.87. The van der Waals surface area contributed by atoms with E-state index in [1.54, 1.807) is 17.7 Å². The second-order valence-electron chi connectivity index (χ2n) is 11.0. The van der Waals surface area contributed by atoms with Gasteiger partial charge in [-0.05, 0) is 83.2 Å². The summed E-state index contributed by atoms with van der Waals surface area (Å²) >= 11 is 0. The fourth-order valence-electron chi connectivity index (χ4n) is 6.15. The maximum atomic E-state index is 11.2. The average molecular weight is 401 g/mol. The minimum atomic E-state index is -0.867. The normalized spacial score (nSPS) is 29.3. The van der Waals surface area contributed by atoms with Crippen molar-refractivity contribution < 1.29 is 9.90 Å². The van der Waals surface area contributed by atoms with E-state index in [1.165, 1.54) is 42.4 Å². The van der Waals surface area contributed by atoms with Crippen molar-refractivity contribution >= 4 is 12.0 Å². The highest BCUT2D eigenvalue weighted by atomic mass is 16.4. The van der Waals surface area contributed by atoms with Gasteiger partial charge in [0.05, 0.1) is 5.56 Å². The molecule has 1 N–H and O–H groups in total. The van der Waals surface area contributed by atoms with Crippen LogP contribution in [-0.2, 0) is 16.2 Å². The molecular formula is C28H32O2. The van der Waals surface area contributed by atoms with Crippen molar-refractivity contribution in [2.45, 2.75) is 76.0 Å². The first kappa shape index (κ1) is 19.6. The van der Waals surface area contributed by atoms with Gasteiger partial charge in [0, 0.05) is 5.41 Å². The number of carboxylic acid groups (broad SMARTS) is 1. The Labute approximate surface area is 180 Å². The van der Waals surface area contributed by atoms with Crippen molar-refractivity contribution in [3.63, 3.8) is 0 Å². The number of rotatable bonds is 3. The molecule has 0 amide bonds. The molecule has 156 valence electrons. The van der Waals surface area contributed by atoms with Gasteiger partial charge in [-0.1, -0.05) is 69.7 Å². The maximum Gasteiger partial charge on any atom is 0.335 e. The molecule has 3 aliphatic carbocycles. The Morgan fingerprint density at radius 3 is 2.27 bits per heavy atom. The lowest BCUT2D eigenvalue weighted by molar-refractivity contribution is 0.0697. The summed E-state index contributed by atoms with van der Waals surface area (Å²) in [6.07, 6.45) is 8.49. The van der Waals surface area contributed by atoms with Crippen molar-refractivity contribution in [2.75, 3.05) is 0 Å². The Balaban J connectivity index is 1.55. The van der Waals surface area contributed by atoms with Crippen molar-refractivity contribution in [1.82, 2.24) is 0 Å². The number of benzene rings is 2. The van der Waals surface area contributed by atoms with Crippen LogP contribution < -0.4 is 0 Å². The van der Waals surface area contributed by atoms with Gasteiger partial charge in [0.15, 0.2) is 0 Å². The van der Waals surface area contributed by atoms with Crippen LogP contribution in [0.2, 0.25) is 0 Å². The molecule has 0 spiro atoms. The van der Waals surface area contributed by atoms with Crippen LogP contribution in [0.4, 0.5) is 0 Å². The molecule has 0 aromatic heterocycles. The quantitative estimate of drug-likeness (QED) is 0.610. The zero-order valence-electron chi connectivity index (χ0n) is 18.6. The Hall–Kier alpha value is -2.35. The Morgan fingerprint density at radius 1 is 0.967 bits per heavy atom. The summed E-state index contributed by atoms with van der Waals surface area (Å²) in [4.78, 5) is 11.2. The van der Waals surface area contributed by atoms with Crippen LogP contribution in [0.25, 0.3) is 6.08 Å². The predicted molar refractivity (Wildman–Crippen MR) is 122 cm³/mol. The molecular weight excluding hydrogens is 368 g/mol. The Kier molecular flexibility index (Phi) is 4.13. The van der Waals surface area contributed by atoms with Gasteiger partial charge in [-0.2, -0.15) is 0 Å². The molecule has 2 nitrogen and oxygen atoms in total. The summed E-state index contributed by atoms with van der Waals surface area (Å²) in [5, 5.41) is 9.16. The molecule has 3 aliphatic rings. The molecule has 30 heavy (non-hydrogen) atoms. The third-order valence-electron chi connectivity index (χ3n) is 8.31. The van der Waals surface area contributed by atoms with E-state index in [2.05, 4.69) is 52.0 Å². The SMILES string of the molecule is CC1(C)CCC(C)(C)c2cc(C34CC3CCC4=Cc3ccc(C(=O)O)cc3)ccc21. The molecule has 0 bridgehead atoms. The summed E-state index contributed by atoms with van der Waals surface area (Å²) in [6, 6.07) is 14.7. The molecule has 2 unspecified atom stereocenters. The molecule has 0 aliphatic heterocycles. The summed E-state index contributed by atoms with van der Waals surface area (Å²) in [5.74, 6) is -0.104. The van der Waals surface area contributed by atoms with E-state index >= 15 is 0 Å². The van der Waals surface area contributed by atoms with Crippen molar-refractivity contribution in [3.05, 3.63) is 75.9 Å². The van der Waals surface area contributed by atoms with Gasteiger partial charge in [0.25, 0.3) is 0 Å². The van der Waals surface area contributed by atoms with Crippen LogP contribution in [0, 0.1) is 5.92 Å². The lowest BCUT2D eigenvalue weighted by Crippen LogP contribution is -2.34. The summed E-state index contributed by atoms with van der Waals surface area (Å²) in [5.41, 5.74) is 8.27. The smallest absolute Gasteiger partial charge is 0.335 e. The zero-order chi connectivity index (χ0) is 21.3. The van der Waals surface area contributed by atoms with Gasteiger partial charge in [-0.3, -0.25) is 0 Å². The van der Waals surface area contributed by atoms with Crippen LogP contribution >= 0.6 is 0 Å². The predicted octanol–water partition coefficient (Wildman–Crippen LogP) is 6.87. The van der Waals surface area contributed by atoms with Gasteiger partial charge < -0.3 is 5.11 Å². The van der Waals surface area contributed by atoms with Crippen LogP contribution in [0.1, 0.15) is 92.4 Å². The standard InChI is InChI=1S/C28H32O2/c1-26(2)13-14-27(3,4)24-16-21(11-12-23(24)26)28-17-22(28)10-9-20(28)15-18-5-7-19(8-6-18)25(29)30/h5-8,11-12,15-16,22H,9-10,13-14,17H2,1-4H3,(H,29,30). The fraction of sp³-hybridized carbons (Fsp3) is 0.464. The maximum absolute atomic E-state index is 11.2. The third kappa shape index (κ3) is 2.87. The van der Waals surface area contributed by atoms with Gasteiger partial charge in [0.1, 0.15) is 0 Å². The Bertz CT molecular complexity index is 1050. The van der Waals surface area contributed by atoms with Gasteiger partial charge in [0.2, 0.25) is 0 Å². The highest BCUT2D eigenvalue weighted by Gasteiger charge is 2.61. The average Bonchev–Trinajstić information content (AvgIpc) is 3.35. The number of allylic oxidation sites excluding steroid dienone is 1. The topological polar surface area (TPSA) is 37.3 Å². The molecule has 2 aromatic rings. The van der Waals surface area contributed by atoms with Crippen molar-refractivity contribution in [2.24, 2.45) is 5.92 Å². The summed E-state index contributed by atoms with van der Waals surface area (Å²) in [7, 11) is 0. The van der Waals surface area contributed by atoms with E-state index in [-0.39, 0.29) is 16.2 Å². The van der Waals surface area contributed by atoms with E-state index in [0.29, 0.717) is 5.56 Å². The first-order chi connectivity index (χ1) is 14.1. The molecule has 0 radical (unpaired) electrons. The number of carboxylic acids is 1. The van der Waals surface area contributed by atoms with Crippen LogP contribution in [-0.4, -0.2) is 11.1 Å². The zero-order valence-corrected chi connectivity index (χ0v) is 18.6. The fourth-order valence-corrected chi connectivity index (χ4v) is 6.15. The minimum Gasteiger partial charge on any atom is -0.478 e. The first-order valence-corrected chi connectivity index (χ1v) is 11.3. The molecule has 5 rings (SSSR count). The summed E-state index contributed by atoms with van der Waals surface area (Å²) < 4.78 is 0. The van der Waals surface area contributed by atoms with E-state index in [1.807, 2.05) is 12.1 Å². The first-order valence-electron chi connectivity index (χ1n) is 11.3. The van der Waals surface area contributed by atoms with Gasteiger partial charge in [-0.25, -0.2) is 4.79 Å². The second kappa shape index (κ2) is 6.33. The molecule has 2 saturated carbocycles. The second-order valence-corrected chi connectivity index (χ2v) is 11.0. The number of fused-ring (bicyclic) bond motifs is 2. The largest absolute Gasteiger partial charge is 0.478 e.